The Balaban J connectivity index is 2.36. The number of anilines is 1. The molecular formula is C12H19NO2S2. The Morgan fingerprint density at radius 1 is 1.35 bits per heavy atom. The monoisotopic (exact) mass is 273 g/mol. The fourth-order valence-electron chi connectivity index (χ4n) is 1.40. The first-order valence-electron chi connectivity index (χ1n) is 5.66. The van der Waals surface area contributed by atoms with Crippen LogP contribution in [0, 0.1) is 0 Å². The topological polar surface area (TPSA) is 46.2 Å². The van der Waals surface area contributed by atoms with E-state index in [1.807, 2.05) is 18.4 Å². The molecular weight excluding hydrogens is 254 g/mol. The highest BCUT2D eigenvalue weighted by atomic mass is 32.2. The smallest absolute Gasteiger partial charge is 0.150 e. The zero-order valence-electron chi connectivity index (χ0n) is 10.3. The predicted octanol–water partition coefficient (Wildman–Crippen LogP) is 2.65. The highest BCUT2D eigenvalue weighted by molar-refractivity contribution is 7.98. The lowest BCUT2D eigenvalue weighted by atomic mass is 10.3. The maximum atomic E-state index is 11.3. The van der Waals surface area contributed by atoms with E-state index in [9.17, 15) is 8.42 Å². The third-order valence-electron chi connectivity index (χ3n) is 2.47. The van der Waals surface area contributed by atoms with Gasteiger partial charge in [-0.3, -0.25) is 0 Å². The van der Waals surface area contributed by atoms with E-state index in [0.29, 0.717) is 13.0 Å². The molecule has 1 N–H and O–H groups in total. The van der Waals surface area contributed by atoms with Gasteiger partial charge in [0.2, 0.25) is 0 Å². The molecule has 0 radical (unpaired) electrons. The lowest BCUT2D eigenvalue weighted by Gasteiger charge is -2.07. The fourth-order valence-corrected chi connectivity index (χ4v) is 2.73. The van der Waals surface area contributed by atoms with Crippen LogP contribution < -0.4 is 5.32 Å². The quantitative estimate of drug-likeness (QED) is 0.613. The van der Waals surface area contributed by atoms with Gasteiger partial charge in [0, 0.05) is 22.9 Å². The third-order valence-corrected chi connectivity index (χ3v) is 4.99. The molecule has 17 heavy (non-hydrogen) atoms. The van der Waals surface area contributed by atoms with Crippen LogP contribution in [0.5, 0.6) is 0 Å². The molecule has 0 aliphatic carbocycles. The molecule has 0 aromatic heterocycles. The Labute approximate surface area is 108 Å². The van der Waals surface area contributed by atoms with Crippen molar-refractivity contribution in [3.05, 3.63) is 24.3 Å². The van der Waals surface area contributed by atoms with Gasteiger partial charge in [-0.2, -0.15) is 0 Å². The van der Waals surface area contributed by atoms with E-state index in [-0.39, 0.29) is 11.5 Å². The van der Waals surface area contributed by atoms with Gasteiger partial charge in [-0.1, -0.05) is 13.0 Å². The first-order valence-corrected chi connectivity index (χ1v) is 8.70. The summed E-state index contributed by atoms with van der Waals surface area (Å²) in [6, 6.07) is 8.11. The average molecular weight is 273 g/mol. The van der Waals surface area contributed by atoms with Crippen molar-refractivity contribution in [3.8, 4) is 0 Å². The van der Waals surface area contributed by atoms with Crippen molar-refractivity contribution in [2.75, 3.05) is 29.6 Å². The van der Waals surface area contributed by atoms with Crippen molar-refractivity contribution >= 4 is 27.3 Å². The number of benzene rings is 1. The molecule has 0 bridgehead atoms. The third kappa shape index (κ3) is 5.46. The molecule has 0 heterocycles. The van der Waals surface area contributed by atoms with Crippen LogP contribution in [0.2, 0.25) is 0 Å². The van der Waals surface area contributed by atoms with Crippen molar-refractivity contribution < 1.29 is 8.42 Å². The number of rotatable bonds is 7. The fraction of sp³-hybridized carbons (Fsp3) is 0.500. The number of sulfone groups is 1. The van der Waals surface area contributed by atoms with Gasteiger partial charge in [0.1, 0.15) is 9.84 Å². The van der Waals surface area contributed by atoms with Gasteiger partial charge in [0.15, 0.2) is 0 Å². The Morgan fingerprint density at radius 3 is 2.76 bits per heavy atom. The van der Waals surface area contributed by atoms with Crippen LogP contribution >= 0.6 is 11.8 Å². The van der Waals surface area contributed by atoms with Gasteiger partial charge in [0.25, 0.3) is 0 Å². The number of hydrogen-bond acceptors (Lipinski definition) is 4. The van der Waals surface area contributed by atoms with Crippen molar-refractivity contribution in [1.82, 2.24) is 0 Å². The molecule has 0 saturated carbocycles. The minimum absolute atomic E-state index is 0.231. The van der Waals surface area contributed by atoms with Crippen LogP contribution in [-0.4, -0.2) is 32.7 Å². The van der Waals surface area contributed by atoms with Crippen LogP contribution in [0.15, 0.2) is 29.2 Å². The molecule has 1 aromatic carbocycles. The van der Waals surface area contributed by atoms with E-state index >= 15 is 0 Å². The van der Waals surface area contributed by atoms with Gasteiger partial charge in [0.05, 0.1) is 5.75 Å². The molecule has 1 rings (SSSR count). The summed E-state index contributed by atoms with van der Waals surface area (Å²) in [5, 5.41) is 3.24. The largest absolute Gasteiger partial charge is 0.385 e. The van der Waals surface area contributed by atoms with Crippen molar-refractivity contribution in [2.45, 2.75) is 18.2 Å². The summed E-state index contributed by atoms with van der Waals surface area (Å²) in [7, 11) is -2.83. The summed E-state index contributed by atoms with van der Waals surface area (Å²) < 4.78 is 22.6. The van der Waals surface area contributed by atoms with Crippen molar-refractivity contribution in [3.63, 3.8) is 0 Å². The lowest BCUT2D eigenvalue weighted by Crippen LogP contribution is -2.12. The first kappa shape index (κ1) is 14.4. The van der Waals surface area contributed by atoms with E-state index in [0.717, 1.165) is 5.69 Å². The summed E-state index contributed by atoms with van der Waals surface area (Å²) in [5.41, 5.74) is 1.05. The Hall–Kier alpha value is -0.680. The molecule has 96 valence electrons. The summed E-state index contributed by atoms with van der Waals surface area (Å²) in [5.74, 6) is 0.494. The van der Waals surface area contributed by atoms with Crippen molar-refractivity contribution in [1.29, 1.82) is 0 Å². The van der Waals surface area contributed by atoms with Crippen LogP contribution in [0.1, 0.15) is 13.3 Å². The normalized spacial score (nSPS) is 11.4. The van der Waals surface area contributed by atoms with Crippen LogP contribution in [0.25, 0.3) is 0 Å². The minimum atomic E-state index is -2.83. The maximum Gasteiger partial charge on any atom is 0.150 e. The number of nitrogens with one attached hydrogen (secondary N) is 1. The van der Waals surface area contributed by atoms with E-state index in [4.69, 9.17) is 0 Å². The maximum absolute atomic E-state index is 11.3. The van der Waals surface area contributed by atoms with Crippen molar-refractivity contribution in [2.24, 2.45) is 0 Å². The lowest BCUT2D eigenvalue weighted by molar-refractivity contribution is 0.595. The SMILES string of the molecule is CCS(=O)(=O)CCCNc1cccc(SC)c1. The molecule has 0 spiro atoms. The summed E-state index contributed by atoms with van der Waals surface area (Å²) in [6.07, 6.45) is 2.69. The molecule has 0 amide bonds. The molecule has 3 nitrogen and oxygen atoms in total. The van der Waals surface area contributed by atoms with E-state index in [1.165, 1.54) is 4.90 Å². The Kier molecular flexibility index (Phi) is 5.85. The molecule has 0 aliphatic rings. The van der Waals surface area contributed by atoms with E-state index in [2.05, 4.69) is 17.4 Å². The summed E-state index contributed by atoms with van der Waals surface area (Å²) in [4.78, 5) is 1.20. The Bertz CT molecular complexity index is 444. The van der Waals surface area contributed by atoms with Gasteiger partial charge in [-0.25, -0.2) is 8.42 Å². The van der Waals surface area contributed by atoms with E-state index in [1.54, 1.807) is 18.7 Å². The predicted molar refractivity (Wildman–Crippen MR) is 75.7 cm³/mol. The highest BCUT2D eigenvalue weighted by Gasteiger charge is 2.05. The molecule has 0 saturated heterocycles. The van der Waals surface area contributed by atoms with Gasteiger partial charge >= 0.3 is 0 Å². The number of thioether (sulfide) groups is 1. The second-order valence-electron chi connectivity index (χ2n) is 3.75. The summed E-state index contributed by atoms with van der Waals surface area (Å²) >= 11 is 1.69. The number of hydrogen-bond donors (Lipinski definition) is 1. The van der Waals surface area contributed by atoms with Crippen LogP contribution in [0.3, 0.4) is 0 Å². The first-order chi connectivity index (χ1) is 8.07. The van der Waals surface area contributed by atoms with Gasteiger partial charge in [-0.05, 0) is 30.9 Å². The molecule has 1 aromatic rings. The van der Waals surface area contributed by atoms with Gasteiger partial charge in [-0.15, -0.1) is 11.8 Å². The molecule has 0 fully saturated rings. The minimum Gasteiger partial charge on any atom is -0.385 e. The summed E-state index contributed by atoms with van der Waals surface area (Å²) in [6.45, 7) is 2.38. The molecule has 0 atom stereocenters. The van der Waals surface area contributed by atoms with Crippen LogP contribution in [0.4, 0.5) is 5.69 Å². The Morgan fingerprint density at radius 2 is 2.12 bits per heavy atom. The average Bonchev–Trinajstić information content (AvgIpc) is 2.35. The van der Waals surface area contributed by atoms with E-state index < -0.39 is 9.84 Å². The van der Waals surface area contributed by atoms with Crippen LogP contribution in [-0.2, 0) is 9.84 Å². The molecule has 0 aliphatic heterocycles. The standard InChI is InChI=1S/C12H19NO2S2/c1-3-17(14,15)9-5-8-13-11-6-4-7-12(10-11)16-2/h4,6-7,10,13H,3,5,8-9H2,1-2H3. The highest BCUT2D eigenvalue weighted by Crippen LogP contribution is 2.18. The molecule has 5 heteroatoms. The second kappa shape index (κ2) is 6.91. The molecule has 0 unspecified atom stereocenters. The second-order valence-corrected chi connectivity index (χ2v) is 7.10. The zero-order valence-corrected chi connectivity index (χ0v) is 11.9. The zero-order chi connectivity index (χ0) is 12.7. The van der Waals surface area contributed by atoms with Gasteiger partial charge < -0.3 is 5.32 Å².